The average molecular weight is 218 g/mol. The first kappa shape index (κ1) is 10.7. The van der Waals surface area contributed by atoms with Crippen LogP contribution in [0.5, 0.6) is 17.2 Å². The molecule has 0 spiro atoms. The van der Waals surface area contributed by atoms with Crippen LogP contribution >= 0.6 is 0 Å². The Hall–Kier alpha value is -1.82. The standard InChI is InChI=1S/C13H14O3/c1-5-13(2,3)9-6-11-12(16-8-15-11)7-10(9)14-4/h1,6-7H,8H2,2-4H3. The summed E-state index contributed by atoms with van der Waals surface area (Å²) in [4.78, 5) is 0. The quantitative estimate of drug-likeness (QED) is 0.713. The Balaban J connectivity index is 2.57. The van der Waals surface area contributed by atoms with Crippen molar-refractivity contribution < 1.29 is 14.2 Å². The zero-order valence-corrected chi connectivity index (χ0v) is 9.66. The molecule has 0 radical (unpaired) electrons. The molecule has 0 unspecified atom stereocenters. The van der Waals surface area contributed by atoms with Crippen molar-refractivity contribution in [2.45, 2.75) is 19.3 Å². The number of fused-ring (bicyclic) bond motifs is 1. The van der Waals surface area contributed by atoms with Crippen LogP contribution in [-0.2, 0) is 5.41 Å². The number of hydrogen-bond acceptors (Lipinski definition) is 3. The molecule has 0 bridgehead atoms. The minimum absolute atomic E-state index is 0.248. The zero-order valence-electron chi connectivity index (χ0n) is 9.66. The van der Waals surface area contributed by atoms with E-state index >= 15 is 0 Å². The third kappa shape index (κ3) is 1.57. The summed E-state index contributed by atoms with van der Waals surface area (Å²) >= 11 is 0. The molecule has 1 aliphatic heterocycles. The summed E-state index contributed by atoms with van der Waals surface area (Å²) in [6, 6.07) is 3.71. The first-order chi connectivity index (χ1) is 7.58. The van der Waals surface area contributed by atoms with Crippen LogP contribution in [0.2, 0.25) is 0 Å². The minimum atomic E-state index is -0.397. The fourth-order valence-corrected chi connectivity index (χ4v) is 1.66. The molecule has 1 heterocycles. The lowest BCUT2D eigenvalue weighted by Gasteiger charge is -2.21. The third-order valence-electron chi connectivity index (χ3n) is 2.73. The summed E-state index contributed by atoms with van der Waals surface area (Å²) in [6.45, 7) is 4.18. The summed E-state index contributed by atoms with van der Waals surface area (Å²) in [5.74, 6) is 4.90. The Labute approximate surface area is 95.3 Å². The van der Waals surface area contributed by atoms with Crippen molar-refractivity contribution >= 4 is 0 Å². The summed E-state index contributed by atoms with van der Waals surface area (Å²) < 4.78 is 15.9. The maximum atomic E-state index is 5.53. The van der Waals surface area contributed by atoms with Crippen molar-refractivity contribution in [3.8, 4) is 29.6 Å². The summed E-state index contributed by atoms with van der Waals surface area (Å²) in [7, 11) is 1.62. The van der Waals surface area contributed by atoms with Gasteiger partial charge in [-0.25, -0.2) is 0 Å². The molecular weight excluding hydrogens is 204 g/mol. The number of terminal acetylenes is 1. The van der Waals surface area contributed by atoms with Gasteiger partial charge >= 0.3 is 0 Å². The van der Waals surface area contributed by atoms with Crippen molar-refractivity contribution in [3.05, 3.63) is 17.7 Å². The van der Waals surface area contributed by atoms with Crippen molar-refractivity contribution in [2.24, 2.45) is 0 Å². The van der Waals surface area contributed by atoms with Crippen LogP contribution in [-0.4, -0.2) is 13.9 Å². The molecule has 84 valence electrons. The molecule has 3 heteroatoms. The highest BCUT2D eigenvalue weighted by atomic mass is 16.7. The molecule has 0 atom stereocenters. The van der Waals surface area contributed by atoms with Gasteiger partial charge in [0, 0.05) is 11.6 Å². The average Bonchev–Trinajstić information content (AvgIpc) is 2.74. The molecule has 0 saturated carbocycles. The van der Waals surface area contributed by atoms with E-state index in [0.29, 0.717) is 5.75 Å². The summed E-state index contributed by atoms with van der Waals surface area (Å²) in [5, 5.41) is 0. The highest BCUT2D eigenvalue weighted by Crippen LogP contribution is 2.42. The molecule has 1 aromatic carbocycles. The van der Waals surface area contributed by atoms with Gasteiger partial charge in [-0.05, 0) is 19.9 Å². The normalized spacial score (nSPS) is 13.4. The Kier molecular flexibility index (Phi) is 2.43. The van der Waals surface area contributed by atoms with E-state index in [1.807, 2.05) is 26.0 Å². The molecule has 0 aromatic heterocycles. The van der Waals surface area contributed by atoms with E-state index < -0.39 is 5.41 Å². The van der Waals surface area contributed by atoms with Crippen LogP contribution in [0, 0.1) is 12.3 Å². The van der Waals surface area contributed by atoms with Gasteiger partial charge in [-0.2, -0.15) is 0 Å². The van der Waals surface area contributed by atoms with Gasteiger partial charge in [-0.15, -0.1) is 6.42 Å². The molecule has 0 fully saturated rings. The van der Waals surface area contributed by atoms with E-state index in [9.17, 15) is 0 Å². The second-order valence-corrected chi connectivity index (χ2v) is 4.18. The van der Waals surface area contributed by atoms with Gasteiger partial charge in [0.15, 0.2) is 11.5 Å². The van der Waals surface area contributed by atoms with Gasteiger partial charge in [0.05, 0.1) is 12.5 Å². The van der Waals surface area contributed by atoms with Gasteiger partial charge in [0.25, 0.3) is 0 Å². The van der Waals surface area contributed by atoms with Gasteiger partial charge < -0.3 is 14.2 Å². The van der Waals surface area contributed by atoms with Crippen molar-refractivity contribution in [1.29, 1.82) is 0 Å². The fraction of sp³-hybridized carbons (Fsp3) is 0.385. The second kappa shape index (κ2) is 3.64. The third-order valence-corrected chi connectivity index (χ3v) is 2.73. The Bertz CT molecular complexity index is 455. The summed E-state index contributed by atoms with van der Waals surface area (Å²) in [5.41, 5.74) is 0.536. The van der Waals surface area contributed by atoms with E-state index in [0.717, 1.165) is 17.1 Å². The molecule has 2 rings (SSSR count). The summed E-state index contributed by atoms with van der Waals surface area (Å²) in [6.07, 6.45) is 5.53. The maximum absolute atomic E-state index is 5.53. The molecule has 0 saturated heterocycles. The van der Waals surface area contributed by atoms with E-state index in [1.54, 1.807) is 7.11 Å². The maximum Gasteiger partial charge on any atom is 0.231 e. The highest BCUT2D eigenvalue weighted by molar-refractivity contribution is 5.55. The molecule has 0 N–H and O–H groups in total. The van der Waals surface area contributed by atoms with Crippen LogP contribution < -0.4 is 14.2 Å². The van der Waals surface area contributed by atoms with Crippen molar-refractivity contribution in [1.82, 2.24) is 0 Å². The SMILES string of the molecule is C#CC(C)(C)c1cc2c(cc1OC)OCO2. The highest BCUT2D eigenvalue weighted by Gasteiger charge is 2.26. The predicted molar refractivity (Wildman–Crippen MR) is 61.0 cm³/mol. The first-order valence-corrected chi connectivity index (χ1v) is 5.04. The number of hydrogen-bond donors (Lipinski definition) is 0. The second-order valence-electron chi connectivity index (χ2n) is 4.18. The van der Waals surface area contributed by atoms with Crippen molar-refractivity contribution in [3.63, 3.8) is 0 Å². The largest absolute Gasteiger partial charge is 0.496 e. The van der Waals surface area contributed by atoms with Gasteiger partial charge in [0.1, 0.15) is 5.75 Å². The van der Waals surface area contributed by atoms with Crippen LogP contribution in [0.25, 0.3) is 0 Å². The predicted octanol–water partition coefficient (Wildman–Crippen LogP) is 2.33. The molecule has 3 nitrogen and oxygen atoms in total. The van der Waals surface area contributed by atoms with Crippen LogP contribution in [0.4, 0.5) is 0 Å². The van der Waals surface area contributed by atoms with Crippen LogP contribution in [0.15, 0.2) is 12.1 Å². The topological polar surface area (TPSA) is 27.7 Å². The number of rotatable bonds is 2. The number of benzene rings is 1. The van der Waals surface area contributed by atoms with Gasteiger partial charge in [0.2, 0.25) is 6.79 Å². The molecule has 1 aliphatic rings. The molecule has 1 aromatic rings. The van der Waals surface area contributed by atoms with Crippen LogP contribution in [0.1, 0.15) is 19.4 Å². The number of ether oxygens (including phenoxy) is 3. The smallest absolute Gasteiger partial charge is 0.231 e. The lowest BCUT2D eigenvalue weighted by molar-refractivity contribution is 0.174. The van der Waals surface area contributed by atoms with E-state index in [-0.39, 0.29) is 6.79 Å². The van der Waals surface area contributed by atoms with Gasteiger partial charge in [-0.1, -0.05) is 5.92 Å². The lowest BCUT2D eigenvalue weighted by Crippen LogP contribution is -2.15. The minimum Gasteiger partial charge on any atom is -0.496 e. The number of methoxy groups -OCH3 is 1. The first-order valence-electron chi connectivity index (χ1n) is 5.04. The molecular formula is C13H14O3. The van der Waals surface area contributed by atoms with E-state index in [2.05, 4.69) is 5.92 Å². The van der Waals surface area contributed by atoms with Crippen LogP contribution in [0.3, 0.4) is 0 Å². The molecule has 0 amide bonds. The lowest BCUT2D eigenvalue weighted by atomic mass is 9.85. The molecule has 16 heavy (non-hydrogen) atoms. The van der Waals surface area contributed by atoms with Crippen molar-refractivity contribution in [2.75, 3.05) is 13.9 Å². The van der Waals surface area contributed by atoms with E-state index in [4.69, 9.17) is 20.6 Å². The Morgan fingerprint density at radius 2 is 1.94 bits per heavy atom. The zero-order chi connectivity index (χ0) is 11.8. The Morgan fingerprint density at radius 3 is 2.50 bits per heavy atom. The monoisotopic (exact) mass is 218 g/mol. The Morgan fingerprint density at radius 1 is 1.31 bits per heavy atom. The van der Waals surface area contributed by atoms with Gasteiger partial charge in [-0.3, -0.25) is 0 Å². The van der Waals surface area contributed by atoms with E-state index in [1.165, 1.54) is 0 Å². The fourth-order valence-electron chi connectivity index (χ4n) is 1.66. The molecule has 0 aliphatic carbocycles.